The van der Waals surface area contributed by atoms with Crippen molar-refractivity contribution in [1.29, 1.82) is 5.41 Å². The maximum absolute atomic E-state index is 12.3. The summed E-state index contributed by atoms with van der Waals surface area (Å²) in [6, 6.07) is 25.2. The molecule has 0 spiro atoms. The van der Waals surface area contributed by atoms with Crippen LogP contribution in [0.4, 0.5) is 0 Å². The van der Waals surface area contributed by atoms with Crippen molar-refractivity contribution < 1.29 is 4.21 Å². The minimum Gasteiger partial charge on any atom is -0.306 e. The topological polar surface area (TPSA) is 50.8 Å². The van der Waals surface area contributed by atoms with Crippen LogP contribution in [-0.4, -0.2) is 25.4 Å². The molecule has 4 nitrogen and oxygen atoms in total. The third-order valence-corrected chi connectivity index (χ3v) is 7.04. The summed E-state index contributed by atoms with van der Waals surface area (Å²) in [5.41, 5.74) is 7.31. The lowest BCUT2D eigenvalue weighted by molar-refractivity contribution is 0.499. The van der Waals surface area contributed by atoms with Gasteiger partial charge < -0.3 is 9.13 Å². The number of nitrogens with one attached hydrogen (secondary N) is 1. The molecule has 0 aliphatic heterocycles. The predicted octanol–water partition coefficient (Wildman–Crippen LogP) is 5.31. The van der Waals surface area contributed by atoms with E-state index >= 15 is 0 Å². The van der Waals surface area contributed by atoms with E-state index in [1.54, 1.807) is 6.26 Å². The van der Waals surface area contributed by atoms with Crippen molar-refractivity contribution in [1.82, 2.24) is 9.13 Å². The quantitative estimate of drug-likeness (QED) is 0.412. The van der Waals surface area contributed by atoms with Crippen LogP contribution in [0.2, 0.25) is 0 Å². The fourth-order valence-electron chi connectivity index (χ4n) is 4.46. The lowest BCUT2D eigenvalue weighted by Crippen LogP contribution is -2.32. The van der Waals surface area contributed by atoms with Crippen LogP contribution in [0.25, 0.3) is 11.0 Å². The summed E-state index contributed by atoms with van der Waals surface area (Å²) in [7, 11) is -0.979. The first kappa shape index (κ1) is 22.3. The Labute approximate surface area is 192 Å². The van der Waals surface area contributed by atoms with E-state index in [2.05, 4.69) is 90.6 Å². The SMILES string of the molecule is Cc1ccc(C[C@@H](CS(C)=O)n2c(=N)n(C(C)c3ccc(C)cc3)c3ccccc32)cc1. The molecule has 3 atom stereocenters. The molecule has 32 heavy (non-hydrogen) atoms. The number of imidazole rings is 1. The summed E-state index contributed by atoms with van der Waals surface area (Å²) < 4.78 is 16.5. The number of benzene rings is 3. The van der Waals surface area contributed by atoms with Gasteiger partial charge in [-0.15, -0.1) is 0 Å². The average molecular weight is 446 g/mol. The first-order valence-electron chi connectivity index (χ1n) is 11.0. The van der Waals surface area contributed by atoms with E-state index in [-0.39, 0.29) is 12.1 Å². The summed E-state index contributed by atoms with van der Waals surface area (Å²) in [6.07, 6.45) is 2.49. The van der Waals surface area contributed by atoms with Crippen LogP contribution in [0.1, 0.15) is 41.3 Å². The lowest BCUT2D eigenvalue weighted by atomic mass is 10.1. The Morgan fingerprint density at radius 2 is 1.38 bits per heavy atom. The number of aryl methyl sites for hydroxylation is 2. The van der Waals surface area contributed by atoms with Crippen LogP contribution in [0.5, 0.6) is 0 Å². The van der Waals surface area contributed by atoms with E-state index in [1.807, 2.05) is 12.1 Å². The van der Waals surface area contributed by atoms with Gasteiger partial charge in [-0.1, -0.05) is 71.8 Å². The van der Waals surface area contributed by atoms with Gasteiger partial charge in [0.25, 0.3) is 0 Å². The van der Waals surface area contributed by atoms with Gasteiger partial charge in [-0.25, -0.2) is 0 Å². The van der Waals surface area contributed by atoms with E-state index < -0.39 is 10.8 Å². The summed E-state index contributed by atoms with van der Waals surface area (Å²) in [5.74, 6) is 0.511. The Morgan fingerprint density at radius 1 is 0.844 bits per heavy atom. The van der Waals surface area contributed by atoms with Crippen molar-refractivity contribution in [3.8, 4) is 0 Å². The second-order valence-electron chi connectivity index (χ2n) is 8.72. The molecule has 0 fully saturated rings. The minimum atomic E-state index is -0.979. The van der Waals surface area contributed by atoms with Gasteiger partial charge in [0, 0.05) is 22.8 Å². The van der Waals surface area contributed by atoms with Crippen LogP contribution in [0.15, 0.2) is 72.8 Å². The summed E-state index contributed by atoms with van der Waals surface area (Å²) in [4.78, 5) is 0. The molecule has 0 aliphatic carbocycles. The fourth-order valence-corrected chi connectivity index (χ4v) is 5.27. The molecule has 1 aromatic heterocycles. The van der Waals surface area contributed by atoms with Crippen molar-refractivity contribution in [2.45, 2.75) is 39.3 Å². The maximum atomic E-state index is 12.3. The van der Waals surface area contributed by atoms with Gasteiger partial charge in [0.05, 0.1) is 23.1 Å². The summed E-state index contributed by atoms with van der Waals surface area (Å²) in [5, 5.41) is 9.20. The largest absolute Gasteiger partial charge is 0.306 e. The van der Waals surface area contributed by atoms with Crippen LogP contribution < -0.4 is 5.62 Å². The van der Waals surface area contributed by atoms with Gasteiger partial charge in [-0.2, -0.15) is 0 Å². The average Bonchev–Trinajstić information content (AvgIpc) is 3.06. The Kier molecular flexibility index (Phi) is 6.47. The number of para-hydroxylation sites is 2. The van der Waals surface area contributed by atoms with Crippen LogP contribution in [0.3, 0.4) is 0 Å². The third-order valence-electron chi connectivity index (χ3n) is 6.19. The predicted molar refractivity (Wildman–Crippen MR) is 134 cm³/mol. The van der Waals surface area contributed by atoms with Gasteiger partial charge >= 0.3 is 0 Å². The van der Waals surface area contributed by atoms with Crippen molar-refractivity contribution in [3.05, 3.63) is 101 Å². The van der Waals surface area contributed by atoms with Gasteiger partial charge in [0.1, 0.15) is 0 Å². The van der Waals surface area contributed by atoms with Crippen LogP contribution in [-0.2, 0) is 17.2 Å². The highest BCUT2D eigenvalue weighted by molar-refractivity contribution is 7.84. The van der Waals surface area contributed by atoms with Gasteiger partial charge in [-0.05, 0) is 50.5 Å². The van der Waals surface area contributed by atoms with E-state index in [0.717, 1.165) is 17.5 Å². The summed E-state index contributed by atoms with van der Waals surface area (Å²) in [6.45, 7) is 6.31. The second-order valence-corrected chi connectivity index (χ2v) is 10.2. The first-order chi connectivity index (χ1) is 15.3. The zero-order valence-corrected chi connectivity index (χ0v) is 20.0. The van der Waals surface area contributed by atoms with E-state index in [1.165, 1.54) is 22.3 Å². The molecule has 0 amide bonds. The molecule has 0 radical (unpaired) electrons. The molecule has 5 heteroatoms. The Bertz CT molecular complexity index is 1300. The molecule has 2 unspecified atom stereocenters. The number of hydrogen-bond acceptors (Lipinski definition) is 2. The molecule has 4 aromatic rings. The normalized spacial score (nSPS) is 14.4. The third kappa shape index (κ3) is 4.49. The minimum absolute atomic E-state index is 0.0152. The summed E-state index contributed by atoms with van der Waals surface area (Å²) >= 11 is 0. The Morgan fingerprint density at radius 3 is 1.94 bits per heavy atom. The number of aromatic nitrogens is 2. The van der Waals surface area contributed by atoms with Gasteiger partial charge in [0.15, 0.2) is 0 Å². The molecule has 0 saturated heterocycles. The van der Waals surface area contributed by atoms with Crippen molar-refractivity contribution >= 4 is 21.8 Å². The Balaban J connectivity index is 1.85. The fraction of sp³-hybridized carbons (Fsp3) is 0.296. The van der Waals surface area contributed by atoms with Gasteiger partial charge in [-0.3, -0.25) is 9.62 Å². The number of fused-ring (bicyclic) bond motifs is 1. The molecule has 0 bridgehead atoms. The van der Waals surface area contributed by atoms with E-state index in [0.29, 0.717) is 11.4 Å². The standard InChI is InChI=1S/C27H31N3OS/c1-19-9-13-22(14-10-19)17-24(18-32(4)31)30-26-8-6-5-7-25(26)29(27(30)28)21(3)23-15-11-20(2)12-16-23/h5-16,21,24,28H,17-18H2,1-4H3/t21?,24-,32?/m0/s1. The van der Waals surface area contributed by atoms with E-state index in [9.17, 15) is 9.62 Å². The second kappa shape index (κ2) is 9.29. The molecular weight excluding hydrogens is 414 g/mol. The smallest absolute Gasteiger partial charge is 0.203 e. The first-order valence-corrected chi connectivity index (χ1v) is 12.8. The molecule has 3 aromatic carbocycles. The zero-order valence-electron chi connectivity index (χ0n) is 19.2. The molecule has 4 rings (SSSR count). The molecular formula is C27H31N3OS. The van der Waals surface area contributed by atoms with Crippen molar-refractivity contribution in [2.24, 2.45) is 0 Å². The lowest BCUT2D eigenvalue weighted by Gasteiger charge is -2.20. The van der Waals surface area contributed by atoms with Gasteiger partial charge in [0.2, 0.25) is 5.62 Å². The molecule has 0 aliphatic rings. The number of hydrogen-bond donors (Lipinski definition) is 1. The van der Waals surface area contributed by atoms with Crippen LogP contribution in [0, 0.1) is 19.3 Å². The maximum Gasteiger partial charge on any atom is 0.203 e. The molecule has 166 valence electrons. The van der Waals surface area contributed by atoms with E-state index in [4.69, 9.17) is 0 Å². The Hall–Kier alpha value is -2.92. The number of rotatable bonds is 7. The molecule has 1 heterocycles. The highest BCUT2D eigenvalue weighted by Gasteiger charge is 2.23. The zero-order chi connectivity index (χ0) is 22.8. The molecule has 1 N–H and O–H groups in total. The highest BCUT2D eigenvalue weighted by Crippen LogP contribution is 2.26. The van der Waals surface area contributed by atoms with Crippen molar-refractivity contribution in [2.75, 3.05) is 12.0 Å². The highest BCUT2D eigenvalue weighted by atomic mass is 32.2. The van der Waals surface area contributed by atoms with Crippen LogP contribution >= 0.6 is 0 Å². The molecule has 0 saturated carbocycles. The number of nitrogens with zero attached hydrogens (tertiary/aromatic N) is 2. The monoisotopic (exact) mass is 445 g/mol. The van der Waals surface area contributed by atoms with Crippen molar-refractivity contribution in [3.63, 3.8) is 0 Å².